The van der Waals surface area contributed by atoms with E-state index in [0.29, 0.717) is 18.0 Å². The van der Waals surface area contributed by atoms with E-state index in [1.54, 1.807) is 0 Å². The van der Waals surface area contributed by atoms with Gasteiger partial charge >= 0.3 is 0 Å². The summed E-state index contributed by atoms with van der Waals surface area (Å²) >= 11 is 0. The summed E-state index contributed by atoms with van der Waals surface area (Å²) in [6, 6.07) is 20.0. The van der Waals surface area contributed by atoms with E-state index in [1.807, 2.05) is 59.1 Å². The van der Waals surface area contributed by atoms with E-state index in [9.17, 15) is 4.79 Å². The van der Waals surface area contributed by atoms with Crippen molar-refractivity contribution in [3.05, 3.63) is 78.0 Å². The van der Waals surface area contributed by atoms with Crippen molar-refractivity contribution >= 4 is 11.6 Å². The standard InChI is InChI=1S/C25H26N4O/c1-17(2)13-14-26-25(30)20-9-7-19(8-10-20)22-11-12-23-27-28-24(29(23)16-22)21-6-4-5-18(3)15-21/h4-12,15-17H,13-14H2,1-3H3,(H,26,30). The van der Waals surface area contributed by atoms with E-state index < -0.39 is 0 Å². The normalized spacial score (nSPS) is 11.2. The van der Waals surface area contributed by atoms with Gasteiger partial charge in [-0.3, -0.25) is 9.20 Å². The topological polar surface area (TPSA) is 59.3 Å². The predicted octanol–water partition coefficient (Wildman–Crippen LogP) is 5.15. The Morgan fingerprint density at radius 2 is 1.73 bits per heavy atom. The second kappa shape index (κ2) is 8.49. The van der Waals surface area contributed by atoms with Crippen molar-refractivity contribution < 1.29 is 4.79 Å². The van der Waals surface area contributed by atoms with Gasteiger partial charge in [0.1, 0.15) is 0 Å². The summed E-state index contributed by atoms with van der Waals surface area (Å²) in [4.78, 5) is 12.3. The van der Waals surface area contributed by atoms with E-state index in [-0.39, 0.29) is 5.91 Å². The molecule has 0 fully saturated rings. The number of nitrogens with zero attached hydrogens (tertiary/aromatic N) is 3. The molecule has 1 N–H and O–H groups in total. The molecule has 0 saturated carbocycles. The van der Waals surface area contributed by atoms with Crippen LogP contribution < -0.4 is 5.32 Å². The molecule has 0 aliphatic carbocycles. The lowest BCUT2D eigenvalue weighted by atomic mass is 10.0. The molecule has 152 valence electrons. The fraction of sp³-hybridized carbons (Fsp3) is 0.240. The van der Waals surface area contributed by atoms with Gasteiger partial charge in [-0.25, -0.2) is 0 Å². The largest absolute Gasteiger partial charge is 0.352 e. The van der Waals surface area contributed by atoms with Gasteiger partial charge in [0, 0.05) is 23.9 Å². The summed E-state index contributed by atoms with van der Waals surface area (Å²) < 4.78 is 2.01. The van der Waals surface area contributed by atoms with E-state index in [0.717, 1.165) is 34.6 Å². The van der Waals surface area contributed by atoms with Crippen molar-refractivity contribution in [1.29, 1.82) is 0 Å². The molecule has 0 radical (unpaired) electrons. The highest BCUT2D eigenvalue weighted by atomic mass is 16.1. The zero-order valence-electron chi connectivity index (χ0n) is 17.6. The van der Waals surface area contributed by atoms with Crippen LogP contribution >= 0.6 is 0 Å². The Bertz CT molecular complexity index is 1180. The van der Waals surface area contributed by atoms with Gasteiger partial charge in [-0.15, -0.1) is 10.2 Å². The monoisotopic (exact) mass is 398 g/mol. The third kappa shape index (κ3) is 4.25. The molecule has 2 aromatic carbocycles. The maximum absolute atomic E-state index is 12.3. The molecule has 4 rings (SSSR count). The molecule has 0 aliphatic heterocycles. The number of hydrogen-bond acceptors (Lipinski definition) is 3. The Hall–Kier alpha value is -3.47. The molecule has 2 heterocycles. The Kier molecular flexibility index (Phi) is 5.61. The fourth-order valence-electron chi connectivity index (χ4n) is 3.43. The molecule has 0 unspecified atom stereocenters. The first-order chi connectivity index (χ1) is 14.5. The fourth-order valence-corrected chi connectivity index (χ4v) is 3.43. The minimum Gasteiger partial charge on any atom is -0.352 e. The van der Waals surface area contributed by atoms with Crippen molar-refractivity contribution in [1.82, 2.24) is 19.9 Å². The van der Waals surface area contributed by atoms with E-state index in [1.165, 1.54) is 5.56 Å². The first-order valence-corrected chi connectivity index (χ1v) is 10.3. The van der Waals surface area contributed by atoms with Crippen LogP contribution in [0.1, 0.15) is 36.2 Å². The molecule has 4 aromatic rings. The van der Waals surface area contributed by atoms with Gasteiger partial charge in [0.25, 0.3) is 5.91 Å². The van der Waals surface area contributed by atoms with Crippen molar-refractivity contribution in [2.75, 3.05) is 6.54 Å². The molecule has 5 nitrogen and oxygen atoms in total. The van der Waals surface area contributed by atoms with Crippen LogP contribution in [0.3, 0.4) is 0 Å². The summed E-state index contributed by atoms with van der Waals surface area (Å²) in [5, 5.41) is 11.7. The lowest BCUT2D eigenvalue weighted by Crippen LogP contribution is -2.25. The number of nitrogens with one attached hydrogen (secondary N) is 1. The molecule has 0 saturated heterocycles. The van der Waals surface area contributed by atoms with Crippen LogP contribution in [0.2, 0.25) is 0 Å². The smallest absolute Gasteiger partial charge is 0.251 e. The molecular weight excluding hydrogens is 372 g/mol. The van der Waals surface area contributed by atoms with Crippen molar-refractivity contribution in [2.45, 2.75) is 27.2 Å². The highest BCUT2D eigenvalue weighted by molar-refractivity contribution is 5.94. The second-order valence-corrected chi connectivity index (χ2v) is 8.05. The van der Waals surface area contributed by atoms with E-state index in [2.05, 4.69) is 48.4 Å². The minimum absolute atomic E-state index is 0.0294. The Morgan fingerprint density at radius 3 is 2.47 bits per heavy atom. The van der Waals surface area contributed by atoms with Crippen LogP contribution in [0, 0.1) is 12.8 Å². The summed E-state index contributed by atoms with van der Waals surface area (Å²) in [5.74, 6) is 1.36. The van der Waals surface area contributed by atoms with Gasteiger partial charge < -0.3 is 5.32 Å². The third-order valence-electron chi connectivity index (χ3n) is 5.17. The summed E-state index contributed by atoms with van der Waals surface area (Å²) in [6.07, 6.45) is 3.02. The number of amides is 1. The molecule has 30 heavy (non-hydrogen) atoms. The Labute approximate surface area is 176 Å². The van der Waals surface area contributed by atoms with Crippen LogP contribution in [0.4, 0.5) is 0 Å². The number of pyridine rings is 1. The Balaban J connectivity index is 1.59. The zero-order valence-corrected chi connectivity index (χ0v) is 17.6. The quantitative estimate of drug-likeness (QED) is 0.489. The maximum Gasteiger partial charge on any atom is 0.251 e. The van der Waals surface area contributed by atoms with Crippen LogP contribution in [0.5, 0.6) is 0 Å². The van der Waals surface area contributed by atoms with Crippen LogP contribution in [-0.4, -0.2) is 27.0 Å². The van der Waals surface area contributed by atoms with Crippen molar-refractivity contribution in [2.24, 2.45) is 5.92 Å². The number of benzene rings is 2. The molecular formula is C25H26N4O. The van der Waals surface area contributed by atoms with Gasteiger partial charge in [0.05, 0.1) is 0 Å². The molecule has 1 amide bonds. The van der Waals surface area contributed by atoms with E-state index >= 15 is 0 Å². The molecule has 5 heteroatoms. The second-order valence-electron chi connectivity index (χ2n) is 8.05. The predicted molar refractivity (Wildman–Crippen MR) is 120 cm³/mol. The van der Waals surface area contributed by atoms with Gasteiger partial charge in [0.15, 0.2) is 11.5 Å². The summed E-state index contributed by atoms with van der Waals surface area (Å²) in [6.45, 7) is 7.07. The zero-order chi connectivity index (χ0) is 21.1. The number of fused-ring (bicyclic) bond motifs is 1. The highest BCUT2D eigenvalue weighted by Crippen LogP contribution is 2.24. The molecule has 0 aliphatic rings. The van der Waals surface area contributed by atoms with Gasteiger partial charge in [0.2, 0.25) is 0 Å². The summed E-state index contributed by atoms with van der Waals surface area (Å²) in [7, 11) is 0. The van der Waals surface area contributed by atoms with Gasteiger partial charge in [-0.1, -0.05) is 49.7 Å². The number of carbonyl (C=O) groups is 1. The van der Waals surface area contributed by atoms with Crippen LogP contribution in [0.15, 0.2) is 66.9 Å². The van der Waals surface area contributed by atoms with Gasteiger partial charge in [-0.2, -0.15) is 0 Å². The molecule has 2 aromatic heterocycles. The average molecular weight is 399 g/mol. The number of aryl methyl sites for hydroxylation is 1. The Morgan fingerprint density at radius 1 is 0.967 bits per heavy atom. The summed E-state index contributed by atoms with van der Waals surface area (Å²) in [5.41, 5.74) is 5.78. The van der Waals surface area contributed by atoms with Crippen LogP contribution in [0.25, 0.3) is 28.2 Å². The number of carbonyl (C=O) groups excluding carboxylic acids is 1. The lowest BCUT2D eigenvalue weighted by Gasteiger charge is -2.08. The molecule has 0 bridgehead atoms. The number of aromatic nitrogens is 3. The van der Waals surface area contributed by atoms with Crippen molar-refractivity contribution in [3.8, 4) is 22.5 Å². The van der Waals surface area contributed by atoms with Gasteiger partial charge in [-0.05, 0) is 60.7 Å². The SMILES string of the molecule is Cc1cccc(-c2nnc3ccc(-c4ccc(C(=O)NCCC(C)C)cc4)cn23)c1. The van der Waals surface area contributed by atoms with Crippen molar-refractivity contribution in [3.63, 3.8) is 0 Å². The molecule has 0 atom stereocenters. The van der Waals surface area contributed by atoms with E-state index in [4.69, 9.17) is 0 Å². The van der Waals surface area contributed by atoms with Crippen LogP contribution in [-0.2, 0) is 0 Å². The number of hydrogen-bond donors (Lipinski definition) is 1. The first kappa shape index (κ1) is 19.8. The average Bonchev–Trinajstić information content (AvgIpc) is 3.17. The third-order valence-corrected chi connectivity index (χ3v) is 5.17. The lowest BCUT2D eigenvalue weighted by molar-refractivity contribution is 0.0952. The highest BCUT2D eigenvalue weighted by Gasteiger charge is 2.10. The first-order valence-electron chi connectivity index (χ1n) is 10.3. The number of rotatable bonds is 6. The molecule has 0 spiro atoms. The maximum atomic E-state index is 12.3. The minimum atomic E-state index is -0.0294.